The number of hydrogen-bond acceptors (Lipinski definition) is 8. The lowest BCUT2D eigenvalue weighted by Crippen LogP contribution is -2.34. The number of esters is 1. The summed E-state index contributed by atoms with van der Waals surface area (Å²) in [6, 6.07) is 21.1. The van der Waals surface area contributed by atoms with E-state index in [4.69, 9.17) is 32.9 Å². The molecule has 0 aliphatic heterocycles. The second kappa shape index (κ2) is 15.6. The normalized spacial score (nSPS) is 11.4. The number of hydrogen-bond donors (Lipinski definition) is 3. The number of nitrogens with one attached hydrogen (secondary N) is 1. The van der Waals surface area contributed by atoms with Gasteiger partial charge in [-0.3, -0.25) is 14.9 Å². The number of rotatable bonds is 11. The number of carbonyl (C=O) groups excluding carboxylic acids is 1. The van der Waals surface area contributed by atoms with Gasteiger partial charge in [0.15, 0.2) is 0 Å². The molecule has 0 radical (unpaired) electrons. The van der Waals surface area contributed by atoms with Crippen molar-refractivity contribution in [3.63, 3.8) is 0 Å². The van der Waals surface area contributed by atoms with E-state index >= 15 is 0 Å². The van der Waals surface area contributed by atoms with Crippen LogP contribution in [0.15, 0.2) is 83.7 Å². The molecule has 0 saturated heterocycles. The third-order valence-electron chi connectivity index (χ3n) is 6.98. The van der Waals surface area contributed by atoms with Gasteiger partial charge in [0, 0.05) is 34.7 Å². The molecule has 14 heteroatoms. The zero-order valence-corrected chi connectivity index (χ0v) is 26.2. The molecule has 0 aliphatic carbocycles. The van der Waals surface area contributed by atoms with Crippen molar-refractivity contribution in [2.75, 3.05) is 6.54 Å². The highest BCUT2D eigenvalue weighted by atomic mass is 35.5. The highest BCUT2D eigenvalue weighted by Gasteiger charge is 2.24. The van der Waals surface area contributed by atoms with Crippen LogP contribution in [0.3, 0.4) is 0 Å². The van der Waals surface area contributed by atoms with E-state index in [1.807, 2.05) is 42.5 Å². The molecule has 5 rings (SSSR count). The minimum Gasteiger partial charge on any atom is -0.424 e. The number of ether oxygens (including phenoxy) is 1. The maximum atomic E-state index is 13.1. The topological polar surface area (TPSA) is 172 Å². The number of fused-ring (bicyclic) bond motifs is 1. The summed E-state index contributed by atoms with van der Waals surface area (Å²) in [6.45, 7) is 0.462. The lowest BCUT2D eigenvalue weighted by atomic mass is 10.0. The van der Waals surface area contributed by atoms with Crippen molar-refractivity contribution in [1.82, 2.24) is 14.6 Å². The summed E-state index contributed by atoms with van der Waals surface area (Å²) in [4.78, 5) is 39.9. The zero-order chi connectivity index (χ0) is 30.5. The van der Waals surface area contributed by atoms with E-state index in [1.165, 1.54) is 18.2 Å². The molecule has 1 atom stereocenters. The van der Waals surface area contributed by atoms with Gasteiger partial charge in [0.2, 0.25) is 0 Å². The number of nitro groups is 1. The fourth-order valence-electron chi connectivity index (χ4n) is 4.85. The molecule has 236 valence electrons. The van der Waals surface area contributed by atoms with Crippen LogP contribution in [0.25, 0.3) is 28.0 Å². The molecule has 2 aromatic heterocycles. The van der Waals surface area contributed by atoms with Crippen LogP contribution in [0, 0.1) is 10.1 Å². The van der Waals surface area contributed by atoms with E-state index in [-0.39, 0.29) is 47.5 Å². The van der Waals surface area contributed by atoms with Crippen molar-refractivity contribution in [2.24, 2.45) is 11.5 Å². The molecule has 0 fully saturated rings. The number of nitrogens with two attached hydrogens (primary N) is 2. The lowest BCUT2D eigenvalue weighted by molar-refractivity contribution is -0.384. The molecule has 2 heterocycles. The first-order valence-corrected chi connectivity index (χ1v) is 14.0. The second-order valence-electron chi connectivity index (χ2n) is 10.0. The Morgan fingerprint density at radius 2 is 1.76 bits per heavy atom. The van der Waals surface area contributed by atoms with E-state index in [2.05, 4.69) is 4.98 Å². The number of H-pyrrole nitrogens is 1. The highest BCUT2D eigenvalue weighted by molar-refractivity contribution is 6.30. The van der Waals surface area contributed by atoms with Crippen molar-refractivity contribution in [2.45, 2.75) is 31.7 Å². The zero-order valence-electron chi connectivity index (χ0n) is 23.9. The first-order chi connectivity index (χ1) is 20.7. The molecule has 5 aromatic rings. The Hall–Kier alpha value is -4.26. The second-order valence-corrected chi connectivity index (χ2v) is 10.5. The van der Waals surface area contributed by atoms with E-state index in [9.17, 15) is 19.7 Å². The Kier molecular flexibility index (Phi) is 12.2. The quantitative estimate of drug-likeness (QED) is 0.0526. The van der Waals surface area contributed by atoms with Gasteiger partial charge < -0.3 is 21.2 Å². The summed E-state index contributed by atoms with van der Waals surface area (Å²) in [7, 11) is 0. The maximum Gasteiger partial charge on any atom is 0.328 e. The van der Waals surface area contributed by atoms with E-state index in [0.717, 1.165) is 17.2 Å². The molecule has 0 saturated carbocycles. The molecule has 0 aliphatic rings. The summed E-state index contributed by atoms with van der Waals surface area (Å²) in [6.07, 6.45) is 2.09. The van der Waals surface area contributed by atoms with Crippen molar-refractivity contribution < 1.29 is 14.5 Å². The van der Waals surface area contributed by atoms with Crippen LogP contribution >= 0.6 is 36.4 Å². The van der Waals surface area contributed by atoms with Crippen LogP contribution in [0.5, 0.6) is 5.75 Å². The first-order valence-electron chi connectivity index (χ1n) is 13.7. The van der Waals surface area contributed by atoms with Gasteiger partial charge in [-0.05, 0) is 48.7 Å². The molecule has 45 heavy (non-hydrogen) atoms. The monoisotopic (exact) mass is 672 g/mol. The van der Waals surface area contributed by atoms with Crippen LogP contribution in [0.1, 0.15) is 30.5 Å². The van der Waals surface area contributed by atoms with Crippen LogP contribution < -0.4 is 21.8 Å². The Labute approximate surface area is 275 Å². The Balaban J connectivity index is 0.00000276. The van der Waals surface area contributed by atoms with Crippen molar-refractivity contribution >= 4 is 53.7 Å². The number of halogens is 3. The van der Waals surface area contributed by atoms with Gasteiger partial charge in [0.05, 0.1) is 22.4 Å². The molecular formula is C31H31Cl3N6O5. The van der Waals surface area contributed by atoms with Crippen LogP contribution in [-0.4, -0.2) is 38.1 Å². The van der Waals surface area contributed by atoms with Gasteiger partial charge in [-0.15, -0.1) is 24.8 Å². The Morgan fingerprint density at radius 1 is 1.04 bits per heavy atom. The van der Waals surface area contributed by atoms with Crippen molar-refractivity contribution in [3.05, 3.63) is 116 Å². The number of nitro benzene ring substituents is 1. The van der Waals surface area contributed by atoms with Crippen LogP contribution in [0.2, 0.25) is 5.02 Å². The molecule has 5 N–H and O–H groups in total. The molecule has 0 amide bonds. The number of non-ortho nitro benzene ring substituents is 1. The summed E-state index contributed by atoms with van der Waals surface area (Å²) in [5.41, 5.74) is 14.9. The third kappa shape index (κ3) is 8.07. The maximum absolute atomic E-state index is 13.1. The minimum absolute atomic E-state index is 0. The van der Waals surface area contributed by atoms with Gasteiger partial charge in [-0.25, -0.2) is 9.31 Å². The number of carbonyl (C=O) groups is 1. The smallest absolute Gasteiger partial charge is 0.328 e. The molecule has 0 unspecified atom stereocenters. The summed E-state index contributed by atoms with van der Waals surface area (Å²) in [5.74, 6) is -0.875. The molecule has 0 spiro atoms. The average molecular weight is 674 g/mol. The average Bonchev–Trinajstić information content (AvgIpc) is 3.35. The van der Waals surface area contributed by atoms with Crippen LogP contribution in [0.4, 0.5) is 5.69 Å². The molecule has 11 nitrogen and oxygen atoms in total. The fourth-order valence-corrected chi connectivity index (χ4v) is 4.97. The van der Waals surface area contributed by atoms with Crippen molar-refractivity contribution in [1.29, 1.82) is 0 Å². The molecule has 3 aromatic carbocycles. The standard InChI is InChI=1S/C31H29ClN6O5.2ClH/c32-21-11-9-20(10-12-21)29-25(16-19-6-2-1-3-7-19)36-37-26(18-28(39)35-30(29)37)23-14-13-22(38(41)42)17-27(23)43-31(40)24(34)8-4-5-15-33;;/h1-3,6-7,9-14,17-18,24H,4-5,8,15-16,33-34H2,(H,35,39);2*1H/t24-;;/m0../s1. The Bertz CT molecular complexity index is 1850. The number of aromatic amines is 1. The predicted molar refractivity (Wildman–Crippen MR) is 179 cm³/mol. The lowest BCUT2D eigenvalue weighted by Gasteiger charge is -2.14. The third-order valence-corrected chi connectivity index (χ3v) is 7.23. The summed E-state index contributed by atoms with van der Waals surface area (Å²) < 4.78 is 7.18. The number of unbranched alkanes of at least 4 members (excludes halogenated alkanes) is 1. The van der Waals surface area contributed by atoms with E-state index < -0.39 is 22.5 Å². The van der Waals surface area contributed by atoms with Crippen LogP contribution in [-0.2, 0) is 11.2 Å². The molecular weight excluding hydrogens is 643 g/mol. The first kappa shape index (κ1) is 35.2. The summed E-state index contributed by atoms with van der Waals surface area (Å²) >= 11 is 6.16. The number of aromatic nitrogens is 3. The van der Waals surface area contributed by atoms with Gasteiger partial charge in [-0.2, -0.15) is 5.10 Å². The van der Waals surface area contributed by atoms with E-state index in [0.29, 0.717) is 54.2 Å². The Morgan fingerprint density at radius 3 is 2.42 bits per heavy atom. The van der Waals surface area contributed by atoms with Gasteiger partial charge in [0.1, 0.15) is 17.4 Å². The van der Waals surface area contributed by atoms with E-state index in [1.54, 1.807) is 16.6 Å². The predicted octanol–water partition coefficient (Wildman–Crippen LogP) is 5.71. The number of nitrogens with zero attached hydrogens (tertiary/aromatic N) is 3. The van der Waals surface area contributed by atoms with Crippen molar-refractivity contribution in [3.8, 4) is 28.1 Å². The fraction of sp³-hybridized carbons (Fsp3) is 0.194. The van der Waals surface area contributed by atoms with Gasteiger partial charge >= 0.3 is 5.97 Å². The SMILES string of the molecule is Cl.Cl.NCCCC[C@H](N)C(=O)Oc1cc([N+](=O)[O-])ccc1-c1cc(=O)[nH]c2c(-c3ccc(Cl)cc3)c(Cc3ccccc3)nn12. The minimum atomic E-state index is -0.962. The molecule has 0 bridgehead atoms. The summed E-state index contributed by atoms with van der Waals surface area (Å²) in [5, 5.41) is 17.1. The number of benzene rings is 3. The van der Waals surface area contributed by atoms with Gasteiger partial charge in [0.25, 0.3) is 11.2 Å². The van der Waals surface area contributed by atoms with Gasteiger partial charge in [-0.1, -0.05) is 60.5 Å². The largest absolute Gasteiger partial charge is 0.424 e. The highest BCUT2D eigenvalue weighted by Crippen LogP contribution is 2.36.